The number of amides is 1. The maximum atomic E-state index is 11.9. The number of carbonyl (C=O) groups is 1. The zero-order valence-electron chi connectivity index (χ0n) is 14.2. The minimum Gasteiger partial charge on any atom is -0.490 e. The van der Waals surface area contributed by atoms with E-state index in [4.69, 9.17) is 10.5 Å². The van der Waals surface area contributed by atoms with Crippen LogP contribution in [0.1, 0.15) is 6.42 Å². The van der Waals surface area contributed by atoms with Gasteiger partial charge in [-0.15, -0.1) is 0 Å². The van der Waals surface area contributed by atoms with E-state index in [-0.39, 0.29) is 5.91 Å². The van der Waals surface area contributed by atoms with Crippen molar-refractivity contribution in [3.63, 3.8) is 0 Å². The Hall–Kier alpha value is -1.79. The van der Waals surface area contributed by atoms with Gasteiger partial charge in [0.15, 0.2) is 0 Å². The van der Waals surface area contributed by atoms with Gasteiger partial charge in [0.05, 0.1) is 5.69 Å². The molecule has 128 valence electrons. The van der Waals surface area contributed by atoms with E-state index >= 15 is 0 Å². The van der Waals surface area contributed by atoms with Crippen molar-refractivity contribution in [3.8, 4) is 5.75 Å². The van der Waals surface area contributed by atoms with Crippen LogP contribution in [0.3, 0.4) is 0 Å². The fourth-order valence-corrected chi connectivity index (χ4v) is 2.66. The molecule has 6 heteroatoms. The molecular formula is C17H28N4O2. The maximum Gasteiger partial charge on any atom is 0.223 e. The molecule has 23 heavy (non-hydrogen) atoms. The number of para-hydroxylation sites is 2. The Morgan fingerprint density at radius 2 is 1.91 bits per heavy atom. The average molecular weight is 320 g/mol. The number of rotatable bonds is 7. The van der Waals surface area contributed by atoms with Crippen LogP contribution in [0.5, 0.6) is 5.75 Å². The minimum atomic E-state index is 0.155. The van der Waals surface area contributed by atoms with Crippen LogP contribution < -0.4 is 15.4 Å². The molecule has 0 spiro atoms. The molecule has 1 amide bonds. The van der Waals surface area contributed by atoms with Crippen molar-refractivity contribution in [2.75, 3.05) is 64.9 Å². The van der Waals surface area contributed by atoms with E-state index in [2.05, 4.69) is 15.9 Å². The number of anilines is 1. The third-order valence-corrected chi connectivity index (χ3v) is 3.99. The summed E-state index contributed by atoms with van der Waals surface area (Å²) in [7, 11) is 4.07. The molecule has 2 rings (SSSR count). The van der Waals surface area contributed by atoms with E-state index in [1.165, 1.54) is 0 Å². The largest absolute Gasteiger partial charge is 0.490 e. The lowest BCUT2D eigenvalue weighted by Gasteiger charge is -2.36. The van der Waals surface area contributed by atoms with Crippen molar-refractivity contribution in [2.45, 2.75) is 6.42 Å². The molecule has 0 unspecified atom stereocenters. The van der Waals surface area contributed by atoms with Gasteiger partial charge in [-0.3, -0.25) is 4.79 Å². The molecule has 1 aromatic carbocycles. The van der Waals surface area contributed by atoms with Gasteiger partial charge < -0.3 is 25.2 Å². The number of likely N-dealkylation sites (N-methyl/N-ethyl adjacent to an activating group) is 1. The fourth-order valence-electron chi connectivity index (χ4n) is 2.66. The fraction of sp³-hybridized carbons (Fsp3) is 0.588. The molecule has 0 aromatic heterocycles. The van der Waals surface area contributed by atoms with Gasteiger partial charge in [0.2, 0.25) is 5.91 Å². The van der Waals surface area contributed by atoms with Gasteiger partial charge in [-0.2, -0.15) is 0 Å². The quantitative estimate of drug-likeness (QED) is 0.798. The lowest BCUT2D eigenvalue weighted by Crippen LogP contribution is -2.49. The average Bonchev–Trinajstić information content (AvgIpc) is 2.55. The van der Waals surface area contributed by atoms with E-state index in [0.717, 1.165) is 44.2 Å². The first kappa shape index (κ1) is 17.6. The Balaban J connectivity index is 1.94. The lowest BCUT2D eigenvalue weighted by atomic mass is 10.2. The van der Waals surface area contributed by atoms with Gasteiger partial charge in [-0.25, -0.2) is 0 Å². The molecular weight excluding hydrogens is 292 g/mol. The summed E-state index contributed by atoms with van der Waals surface area (Å²) in [6.45, 7) is 5.10. The van der Waals surface area contributed by atoms with Gasteiger partial charge in [-0.05, 0) is 26.2 Å². The summed E-state index contributed by atoms with van der Waals surface area (Å²) >= 11 is 0. The van der Waals surface area contributed by atoms with Crippen LogP contribution in [0, 0.1) is 0 Å². The minimum absolute atomic E-state index is 0.155. The Morgan fingerprint density at radius 1 is 1.22 bits per heavy atom. The normalized spacial score (nSPS) is 15.1. The number of nitrogens with two attached hydrogens (primary N) is 1. The molecule has 0 atom stereocenters. The van der Waals surface area contributed by atoms with Gasteiger partial charge in [-0.1, -0.05) is 12.1 Å². The summed E-state index contributed by atoms with van der Waals surface area (Å²) in [5, 5.41) is 0. The molecule has 1 aliphatic heterocycles. The van der Waals surface area contributed by atoms with E-state index in [0.29, 0.717) is 19.6 Å². The molecule has 1 aliphatic rings. The summed E-state index contributed by atoms with van der Waals surface area (Å²) in [5.41, 5.74) is 6.57. The van der Waals surface area contributed by atoms with E-state index in [1.807, 2.05) is 37.2 Å². The molecule has 0 radical (unpaired) electrons. The number of nitrogens with zero attached hydrogens (tertiary/aromatic N) is 3. The van der Waals surface area contributed by atoms with Crippen LogP contribution in [0.4, 0.5) is 5.69 Å². The standard InChI is InChI=1S/C17H28N4O2/c1-19(2)13-14-23-16-6-4-3-5-15(16)20-9-11-21(12-10-20)17(22)7-8-18/h3-6H,7-14,18H2,1-2H3. The molecule has 1 saturated heterocycles. The van der Waals surface area contributed by atoms with Gasteiger partial charge >= 0.3 is 0 Å². The predicted octanol–water partition coefficient (Wildman–Crippen LogP) is 0.624. The monoisotopic (exact) mass is 320 g/mol. The number of hydrogen-bond donors (Lipinski definition) is 1. The molecule has 1 heterocycles. The number of benzene rings is 1. The van der Waals surface area contributed by atoms with Crippen LogP contribution in [0.15, 0.2) is 24.3 Å². The van der Waals surface area contributed by atoms with Gasteiger partial charge in [0.1, 0.15) is 12.4 Å². The van der Waals surface area contributed by atoms with E-state index < -0.39 is 0 Å². The van der Waals surface area contributed by atoms with Crippen LogP contribution in [0.2, 0.25) is 0 Å². The highest BCUT2D eigenvalue weighted by Gasteiger charge is 2.22. The second kappa shape index (κ2) is 8.74. The van der Waals surface area contributed by atoms with E-state index in [9.17, 15) is 4.79 Å². The van der Waals surface area contributed by atoms with Gasteiger partial charge in [0.25, 0.3) is 0 Å². The van der Waals surface area contributed by atoms with Crippen molar-refractivity contribution in [1.29, 1.82) is 0 Å². The van der Waals surface area contributed by atoms with Crippen molar-refractivity contribution >= 4 is 11.6 Å². The smallest absolute Gasteiger partial charge is 0.223 e. The summed E-state index contributed by atoms with van der Waals surface area (Å²) in [6.07, 6.45) is 0.435. The Bertz CT molecular complexity index is 499. The summed E-state index contributed by atoms with van der Waals surface area (Å²) in [4.78, 5) is 18.2. The number of carbonyl (C=O) groups excluding carboxylic acids is 1. The van der Waals surface area contributed by atoms with Crippen LogP contribution in [0.25, 0.3) is 0 Å². The summed E-state index contributed by atoms with van der Waals surface area (Å²) in [5.74, 6) is 1.07. The van der Waals surface area contributed by atoms with Gasteiger partial charge in [0, 0.05) is 45.7 Å². The number of piperazine rings is 1. The predicted molar refractivity (Wildman–Crippen MR) is 93.0 cm³/mol. The van der Waals surface area contributed by atoms with Crippen molar-refractivity contribution in [1.82, 2.24) is 9.80 Å². The summed E-state index contributed by atoms with van der Waals surface area (Å²) in [6, 6.07) is 8.12. The van der Waals surface area contributed by atoms with Crippen LogP contribution in [-0.4, -0.2) is 75.7 Å². The Kier molecular flexibility index (Phi) is 6.67. The molecule has 0 saturated carbocycles. The molecule has 0 aliphatic carbocycles. The molecule has 1 aromatic rings. The molecule has 1 fully saturated rings. The first-order chi connectivity index (χ1) is 11.1. The maximum absolute atomic E-state index is 11.9. The molecule has 0 bridgehead atoms. The zero-order valence-corrected chi connectivity index (χ0v) is 14.2. The lowest BCUT2D eigenvalue weighted by molar-refractivity contribution is -0.131. The Labute approximate surface area is 138 Å². The number of hydrogen-bond acceptors (Lipinski definition) is 5. The van der Waals surface area contributed by atoms with Crippen LogP contribution >= 0.6 is 0 Å². The molecule has 2 N–H and O–H groups in total. The van der Waals surface area contributed by atoms with Crippen molar-refractivity contribution in [3.05, 3.63) is 24.3 Å². The SMILES string of the molecule is CN(C)CCOc1ccccc1N1CCN(C(=O)CCN)CC1. The first-order valence-electron chi connectivity index (χ1n) is 8.21. The summed E-state index contributed by atoms with van der Waals surface area (Å²) < 4.78 is 5.93. The zero-order chi connectivity index (χ0) is 16.7. The highest BCUT2D eigenvalue weighted by atomic mass is 16.5. The number of ether oxygens (including phenoxy) is 1. The highest BCUT2D eigenvalue weighted by molar-refractivity contribution is 5.76. The second-order valence-corrected chi connectivity index (χ2v) is 6.03. The van der Waals surface area contributed by atoms with Crippen molar-refractivity contribution in [2.24, 2.45) is 5.73 Å². The van der Waals surface area contributed by atoms with Crippen LogP contribution in [-0.2, 0) is 4.79 Å². The molecule has 6 nitrogen and oxygen atoms in total. The Morgan fingerprint density at radius 3 is 2.57 bits per heavy atom. The van der Waals surface area contributed by atoms with Crippen molar-refractivity contribution < 1.29 is 9.53 Å². The third kappa shape index (κ3) is 5.11. The third-order valence-electron chi connectivity index (χ3n) is 3.99. The topological polar surface area (TPSA) is 62.0 Å². The van der Waals surface area contributed by atoms with E-state index in [1.54, 1.807) is 0 Å². The first-order valence-corrected chi connectivity index (χ1v) is 8.21. The second-order valence-electron chi connectivity index (χ2n) is 6.03. The highest BCUT2D eigenvalue weighted by Crippen LogP contribution is 2.28.